The van der Waals surface area contributed by atoms with Gasteiger partial charge in [-0.1, -0.05) is 11.6 Å². The molecule has 0 bridgehead atoms. The van der Waals surface area contributed by atoms with E-state index in [2.05, 4.69) is 0 Å². The third-order valence-corrected chi connectivity index (χ3v) is 4.71. The highest BCUT2D eigenvalue weighted by Gasteiger charge is 2.22. The number of hydrogen-bond donors (Lipinski definition) is 1. The van der Waals surface area contributed by atoms with E-state index in [1.165, 1.54) is 17.4 Å². The molecular weight excluding hydrogens is 262 g/mol. The molecule has 0 amide bonds. The highest BCUT2D eigenvalue weighted by Crippen LogP contribution is 2.22. The topological polar surface area (TPSA) is 57.6 Å². The minimum Gasteiger partial charge on any atom is -0.396 e. The van der Waals surface area contributed by atoms with E-state index in [-0.39, 0.29) is 11.5 Å². The Balaban J connectivity index is 3.04. The van der Waals surface area contributed by atoms with Crippen LogP contribution in [-0.4, -0.2) is 38.0 Å². The molecule has 96 valence electrons. The SMILES string of the molecule is Cc1cc(Cl)ccc1S(=O)(=O)N(C)CCCO. The Morgan fingerprint density at radius 2 is 2.06 bits per heavy atom. The van der Waals surface area contributed by atoms with Crippen LogP contribution < -0.4 is 0 Å². The summed E-state index contributed by atoms with van der Waals surface area (Å²) >= 11 is 5.79. The predicted octanol–water partition coefficient (Wildman–Crippen LogP) is 1.65. The third kappa shape index (κ3) is 3.42. The van der Waals surface area contributed by atoms with Gasteiger partial charge in [-0.25, -0.2) is 12.7 Å². The number of aliphatic hydroxyl groups is 1. The lowest BCUT2D eigenvalue weighted by molar-refractivity contribution is 0.275. The normalized spacial score (nSPS) is 12.1. The van der Waals surface area contributed by atoms with Crippen molar-refractivity contribution in [2.75, 3.05) is 20.2 Å². The number of benzene rings is 1. The zero-order chi connectivity index (χ0) is 13.1. The van der Waals surface area contributed by atoms with E-state index >= 15 is 0 Å². The van der Waals surface area contributed by atoms with Crippen LogP contribution in [0, 0.1) is 6.92 Å². The van der Waals surface area contributed by atoms with Crippen molar-refractivity contribution in [2.24, 2.45) is 0 Å². The van der Waals surface area contributed by atoms with Gasteiger partial charge in [-0.2, -0.15) is 0 Å². The van der Waals surface area contributed by atoms with E-state index in [0.29, 0.717) is 23.6 Å². The molecule has 1 aromatic rings. The average Bonchev–Trinajstić information content (AvgIpc) is 2.25. The van der Waals surface area contributed by atoms with Crippen molar-refractivity contribution in [3.8, 4) is 0 Å². The molecule has 0 aromatic heterocycles. The molecule has 0 saturated carbocycles. The average molecular weight is 278 g/mol. The molecule has 0 radical (unpaired) electrons. The molecule has 0 atom stereocenters. The maximum Gasteiger partial charge on any atom is 0.243 e. The summed E-state index contributed by atoms with van der Waals surface area (Å²) < 4.78 is 25.6. The third-order valence-electron chi connectivity index (χ3n) is 2.46. The van der Waals surface area contributed by atoms with Crippen LogP contribution in [0.15, 0.2) is 23.1 Å². The van der Waals surface area contributed by atoms with Gasteiger partial charge in [-0.15, -0.1) is 0 Å². The van der Waals surface area contributed by atoms with Crippen molar-refractivity contribution in [1.82, 2.24) is 4.31 Å². The highest BCUT2D eigenvalue weighted by atomic mass is 35.5. The Morgan fingerprint density at radius 3 is 2.59 bits per heavy atom. The van der Waals surface area contributed by atoms with Crippen molar-refractivity contribution in [1.29, 1.82) is 0 Å². The van der Waals surface area contributed by atoms with Crippen molar-refractivity contribution in [2.45, 2.75) is 18.2 Å². The molecule has 0 unspecified atom stereocenters. The van der Waals surface area contributed by atoms with Gasteiger partial charge in [0.1, 0.15) is 0 Å². The monoisotopic (exact) mass is 277 g/mol. The Labute approximate surface area is 107 Å². The number of nitrogens with zero attached hydrogens (tertiary/aromatic N) is 1. The van der Waals surface area contributed by atoms with E-state index in [1.54, 1.807) is 19.1 Å². The zero-order valence-electron chi connectivity index (χ0n) is 9.85. The van der Waals surface area contributed by atoms with Crippen LogP contribution in [0.1, 0.15) is 12.0 Å². The lowest BCUT2D eigenvalue weighted by atomic mass is 10.2. The van der Waals surface area contributed by atoms with E-state index < -0.39 is 10.0 Å². The van der Waals surface area contributed by atoms with Crippen molar-refractivity contribution in [3.63, 3.8) is 0 Å². The first kappa shape index (κ1) is 14.4. The smallest absolute Gasteiger partial charge is 0.243 e. The second-order valence-corrected chi connectivity index (χ2v) is 6.26. The van der Waals surface area contributed by atoms with Crippen LogP contribution in [-0.2, 0) is 10.0 Å². The molecular formula is C11H16ClNO3S. The Hall–Kier alpha value is -0.620. The summed E-state index contributed by atoms with van der Waals surface area (Å²) in [5.41, 5.74) is 0.619. The van der Waals surface area contributed by atoms with E-state index in [1.807, 2.05) is 0 Å². The number of rotatable bonds is 5. The summed E-state index contributed by atoms with van der Waals surface area (Å²) in [4.78, 5) is 0.252. The van der Waals surface area contributed by atoms with Crippen LogP contribution in [0.2, 0.25) is 5.02 Å². The lowest BCUT2D eigenvalue weighted by Gasteiger charge is -2.18. The lowest BCUT2D eigenvalue weighted by Crippen LogP contribution is -2.29. The summed E-state index contributed by atoms with van der Waals surface area (Å²) in [6.07, 6.45) is 0.419. The van der Waals surface area contributed by atoms with Gasteiger partial charge in [0.25, 0.3) is 0 Å². The Morgan fingerprint density at radius 1 is 1.41 bits per heavy atom. The molecule has 6 heteroatoms. The second-order valence-electron chi connectivity index (χ2n) is 3.81. The molecule has 0 saturated heterocycles. The maximum absolute atomic E-state index is 12.2. The molecule has 0 aliphatic rings. The van der Waals surface area contributed by atoms with Gasteiger partial charge < -0.3 is 5.11 Å². The first-order valence-corrected chi connectivity index (χ1v) is 7.04. The van der Waals surface area contributed by atoms with Crippen LogP contribution in [0.25, 0.3) is 0 Å². The predicted molar refractivity (Wildman–Crippen MR) is 67.7 cm³/mol. The summed E-state index contributed by atoms with van der Waals surface area (Å²) in [5.74, 6) is 0. The van der Waals surface area contributed by atoms with Crippen molar-refractivity contribution < 1.29 is 13.5 Å². The minimum absolute atomic E-state index is 0.0283. The van der Waals surface area contributed by atoms with Crippen molar-refractivity contribution >= 4 is 21.6 Å². The molecule has 1 aromatic carbocycles. The molecule has 0 fully saturated rings. The maximum atomic E-state index is 12.2. The Kier molecular flexibility index (Phi) is 4.94. The summed E-state index contributed by atoms with van der Waals surface area (Å²) in [6.45, 7) is 1.97. The van der Waals surface area contributed by atoms with Crippen molar-refractivity contribution in [3.05, 3.63) is 28.8 Å². The number of halogens is 1. The molecule has 0 aliphatic carbocycles. The number of sulfonamides is 1. The minimum atomic E-state index is -3.50. The molecule has 1 rings (SSSR count). The molecule has 0 heterocycles. The molecule has 4 nitrogen and oxygen atoms in total. The summed E-state index contributed by atoms with van der Waals surface area (Å²) in [7, 11) is -2.00. The number of aryl methyl sites for hydroxylation is 1. The van der Waals surface area contributed by atoms with E-state index in [9.17, 15) is 8.42 Å². The highest BCUT2D eigenvalue weighted by molar-refractivity contribution is 7.89. The quantitative estimate of drug-likeness (QED) is 0.890. The number of aliphatic hydroxyl groups excluding tert-OH is 1. The summed E-state index contributed by atoms with van der Waals surface area (Å²) in [5, 5.41) is 9.22. The van der Waals surface area contributed by atoms with Gasteiger partial charge in [0.2, 0.25) is 10.0 Å². The largest absolute Gasteiger partial charge is 0.396 e. The van der Waals surface area contributed by atoms with Crippen LogP contribution in [0.5, 0.6) is 0 Å². The summed E-state index contributed by atoms with van der Waals surface area (Å²) in [6, 6.07) is 4.68. The number of hydrogen-bond acceptors (Lipinski definition) is 3. The molecule has 1 N–H and O–H groups in total. The van der Waals surface area contributed by atoms with Crippen LogP contribution in [0.3, 0.4) is 0 Å². The fourth-order valence-electron chi connectivity index (χ4n) is 1.48. The van der Waals surface area contributed by atoms with E-state index in [4.69, 9.17) is 16.7 Å². The van der Waals surface area contributed by atoms with Gasteiger partial charge in [-0.05, 0) is 37.1 Å². The fraction of sp³-hybridized carbons (Fsp3) is 0.455. The first-order chi connectivity index (χ1) is 7.89. The van der Waals surface area contributed by atoms with E-state index in [0.717, 1.165) is 0 Å². The van der Waals surface area contributed by atoms with Gasteiger partial charge in [-0.3, -0.25) is 0 Å². The Bertz CT molecular complexity index is 487. The van der Waals surface area contributed by atoms with Crippen LogP contribution in [0.4, 0.5) is 0 Å². The van der Waals surface area contributed by atoms with Gasteiger partial charge in [0.05, 0.1) is 4.90 Å². The van der Waals surface area contributed by atoms with Gasteiger partial charge >= 0.3 is 0 Å². The molecule has 17 heavy (non-hydrogen) atoms. The molecule has 0 aliphatic heterocycles. The fourth-order valence-corrected chi connectivity index (χ4v) is 3.12. The molecule has 0 spiro atoms. The zero-order valence-corrected chi connectivity index (χ0v) is 11.4. The van der Waals surface area contributed by atoms with Gasteiger partial charge in [0, 0.05) is 25.2 Å². The second kappa shape index (κ2) is 5.82. The standard InChI is InChI=1S/C11H16ClNO3S/c1-9-8-10(12)4-5-11(9)17(15,16)13(2)6-3-7-14/h4-5,8,14H,3,6-7H2,1-2H3. The van der Waals surface area contributed by atoms with Gasteiger partial charge in [0.15, 0.2) is 0 Å². The first-order valence-electron chi connectivity index (χ1n) is 5.23. The van der Waals surface area contributed by atoms with Crippen LogP contribution >= 0.6 is 11.6 Å².